The summed E-state index contributed by atoms with van der Waals surface area (Å²) in [4.78, 5) is 4.64. The van der Waals surface area contributed by atoms with Gasteiger partial charge in [0.25, 0.3) is 0 Å². The molecule has 0 fully saturated rings. The molecule has 0 amide bonds. The van der Waals surface area contributed by atoms with Crippen molar-refractivity contribution in [2.75, 3.05) is 7.11 Å². The average molecular weight is 370 g/mol. The number of furan rings is 1. The van der Waals surface area contributed by atoms with Gasteiger partial charge >= 0.3 is 0 Å². The number of rotatable bonds is 5. The van der Waals surface area contributed by atoms with E-state index in [9.17, 15) is 0 Å². The molecule has 4 rings (SSSR count). The Balaban J connectivity index is 1.61. The SMILES string of the molecule is CO/C(C#N)=C\c1ccc2oc(Cc3nc(-c4ccccc4)oc3C)cc2c1. The molecule has 138 valence electrons. The number of oxazole rings is 1. The highest BCUT2D eigenvalue weighted by Crippen LogP contribution is 2.26. The van der Waals surface area contributed by atoms with Crippen molar-refractivity contribution in [3.8, 4) is 17.5 Å². The number of nitriles is 1. The van der Waals surface area contributed by atoms with E-state index in [0.29, 0.717) is 12.3 Å². The number of ether oxygens (including phenoxy) is 1. The van der Waals surface area contributed by atoms with Crippen LogP contribution >= 0.6 is 0 Å². The number of nitrogens with zero attached hydrogens (tertiary/aromatic N) is 2. The van der Waals surface area contributed by atoms with Gasteiger partial charge < -0.3 is 13.6 Å². The molecule has 0 spiro atoms. The molecule has 0 unspecified atom stereocenters. The Labute approximate surface area is 162 Å². The second-order valence-corrected chi connectivity index (χ2v) is 6.40. The zero-order valence-corrected chi connectivity index (χ0v) is 15.6. The molecule has 2 aromatic heterocycles. The van der Waals surface area contributed by atoms with Gasteiger partial charge in [-0.15, -0.1) is 0 Å². The lowest BCUT2D eigenvalue weighted by molar-refractivity contribution is 0.314. The predicted molar refractivity (Wildman–Crippen MR) is 106 cm³/mol. The van der Waals surface area contributed by atoms with Crippen molar-refractivity contribution in [2.45, 2.75) is 13.3 Å². The Morgan fingerprint density at radius 1 is 1.14 bits per heavy atom. The third kappa shape index (κ3) is 3.53. The Morgan fingerprint density at radius 3 is 2.71 bits per heavy atom. The molecule has 0 atom stereocenters. The van der Waals surface area contributed by atoms with Gasteiger partial charge in [0, 0.05) is 10.9 Å². The third-order valence-electron chi connectivity index (χ3n) is 4.47. The van der Waals surface area contributed by atoms with Crippen LogP contribution in [0.3, 0.4) is 0 Å². The molecule has 5 nitrogen and oxygen atoms in total. The van der Waals surface area contributed by atoms with Crippen molar-refractivity contribution in [3.63, 3.8) is 0 Å². The molecule has 0 radical (unpaired) electrons. The van der Waals surface area contributed by atoms with Gasteiger partial charge in [0.05, 0.1) is 19.2 Å². The van der Waals surface area contributed by atoms with Crippen LogP contribution in [0.2, 0.25) is 0 Å². The van der Waals surface area contributed by atoms with Gasteiger partial charge in [-0.2, -0.15) is 5.26 Å². The summed E-state index contributed by atoms with van der Waals surface area (Å²) in [7, 11) is 1.48. The number of hydrogen-bond acceptors (Lipinski definition) is 5. The molecular weight excluding hydrogens is 352 g/mol. The maximum absolute atomic E-state index is 9.00. The first-order valence-corrected chi connectivity index (χ1v) is 8.86. The summed E-state index contributed by atoms with van der Waals surface area (Å²) in [5, 5.41) is 9.96. The number of hydrogen-bond donors (Lipinski definition) is 0. The van der Waals surface area contributed by atoms with Gasteiger partial charge in [-0.25, -0.2) is 4.98 Å². The Morgan fingerprint density at radius 2 is 1.96 bits per heavy atom. The maximum Gasteiger partial charge on any atom is 0.226 e. The van der Waals surface area contributed by atoms with Crippen LogP contribution in [0.5, 0.6) is 0 Å². The molecule has 0 bridgehead atoms. The van der Waals surface area contributed by atoms with Crippen LogP contribution in [0.1, 0.15) is 22.8 Å². The summed E-state index contributed by atoms with van der Waals surface area (Å²) < 4.78 is 16.8. The minimum Gasteiger partial charge on any atom is -0.487 e. The predicted octanol–water partition coefficient (Wildman–Crippen LogP) is 5.50. The minimum atomic E-state index is 0.259. The fraction of sp³-hybridized carbons (Fsp3) is 0.130. The van der Waals surface area contributed by atoms with E-state index in [-0.39, 0.29) is 5.76 Å². The largest absolute Gasteiger partial charge is 0.487 e. The van der Waals surface area contributed by atoms with Crippen LogP contribution in [0.15, 0.2) is 69.2 Å². The number of methoxy groups -OCH3 is 1. The van der Waals surface area contributed by atoms with Crippen molar-refractivity contribution in [3.05, 3.63) is 83.1 Å². The molecule has 0 saturated heterocycles. The number of aromatic nitrogens is 1. The van der Waals surface area contributed by atoms with Crippen LogP contribution in [-0.2, 0) is 11.2 Å². The second-order valence-electron chi connectivity index (χ2n) is 6.40. The van der Waals surface area contributed by atoms with Gasteiger partial charge in [0.2, 0.25) is 5.89 Å². The lowest BCUT2D eigenvalue weighted by atomic mass is 10.1. The Hall–Kier alpha value is -3.78. The lowest BCUT2D eigenvalue weighted by Gasteiger charge is -1.96. The highest BCUT2D eigenvalue weighted by molar-refractivity contribution is 5.81. The first-order valence-electron chi connectivity index (χ1n) is 8.86. The number of allylic oxidation sites excluding steroid dienone is 1. The van der Waals surface area contributed by atoms with Gasteiger partial charge in [0.1, 0.15) is 23.2 Å². The van der Waals surface area contributed by atoms with Crippen LogP contribution in [-0.4, -0.2) is 12.1 Å². The first kappa shape index (κ1) is 17.6. The summed E-state index contributed by atoms with van der Waals surface area (Å²) >= 11 is 0. The smallest absolute Gasteiger partial charge is 0.226 e. The molecule has 0 aliphatic carbocycles. The van der Waals surface area contributed by atoms with Gasteiger partial charge in [-0.05, 0) is 48.9 Å². The van der Waals surface area contributed by atoms with Crippen molar-refractivity contribution in [1.29, 1.82) is 5.26 Å². The molecule has 0 saturated carbocycles. The van der Waals surface area contributed by atoms with Gasteiger partial charge in [-0.1, -0.05) is 24.3 Å². The van der Waals surface area contributed by atoms with E-state index in [1.54, 1.807) is 6.08 Å². The molecule has 5 heteroatoms. The van der Waals surface area contributed by atoms with E-state index in [0.717, 1.165) is 39.3 Å². The maximum atomic E-state index is 9.00. The fourth-order valence-electron chi connectivity index (χ4n) is 3.04. The fourth-order valence-corrected chi connectivity index (χ4v) is 3.04. The second kappa shape index (κ2) is 7.45. The molecule has 4 aromatic rings. The first-order chi connectivity index (χ1) is 13.7. The zero-order valence-electron chi connectivity index (χ0n) is 15.6. The van der Waals surface area contributed by atoms with E-state index in [2.05, 4.69) is 4.98 Å². The molecule has 28 heavy (non-hydrogen) atoms. The number of fused-ring (bicyclic) bond motifs is 1. The topological polar surface area (TPSA) is 72.2 Å². The van der Waals surface area contributed by atoms with Crippen molar-refractivity contribution in [1.82, 2.24) is 4.98 Å². The average Bonchev–Trinajstić information content (AvgIpc) is 3.29. The molecule has 0 N–H and O–H groups in total. The van der Waals surface area contributed by atoms with Crippen molar-refractivity contribution in [2.24, 2.45) is 0 Å². The van der Waals surface area contributed by atoms with Gasteiger partial charge in [0.15, 0.2) is 5.76 Å². The molecular formula is C23H18N2O3. The van der Waals surface area contributed by atoms with E-state index < -0.39 is 0 Å². The third-order valence-corrected chi connectivity index (χ3v) is 4.47. The number of benzene rings is 2. The van der Waals surface area contributed by atoms with Crippen LogP contribution in [0, 0.1) is 18.3 Å². The summed E-state index contributed by atoms with van der Waals surface area (Å²) in [6, 6.07) is 19.6. The zero-order chi connectivity index (χ0) is 19.5. The van der Waals surface area contributed by atoms with E-state index in [1.165, 1.54) is 7.11 Å². The standard InChI is InChI=1S/C23H18N2O3/c1-15-21(25-23(27-15)17-6-4-3-5-7-17)13-19-12-18-10-16(8-9-22(18)28-19)11-20(14-24)26-2/h3-12H,13H2,1-2H3/b20-11-. The Kier molecular flexibility index (Phi) is 4.69. The van der Waals surface area contributed by atoms with Crippen LogP contribution in [0.4, 0.5) is 0 Å². The van der Waals surface area contributed by atoms with Crippen LogP contribution in [0.25, 0.3) is 28.5 Å². The van der Waals surface area contributed by atoms with Crippen LogP contribution < -0.4 is 0 Å². The molecule has 0 aliphatic rings. The molecule has 0 aliphatic heterocycles. The van der Waals surface area contributed by atoms with E-state index in [4.69, 9.17) is 18.8 Å². The van der Waals surface area contributed by atoms with Crippen molar-refractivity contribution < 1.29 is 13.6 Å². The molecule has 2 aromatic carbocycles. The summed E-state index contributed by atoms with van der Waals surface area (Å²) in [6.07, 6.45) is 2.24. The summed E-state index contributed by atoms with van der Waals surface area (Å²) in [5.74, 6) is 2.45. The monoisotopic (exact) mass is 370 g/mol. The minimum absolute atomic E-state index is 0.259. The Bertz CT molecular complexity index is 1190. The summed E-state index contributed by atoms with van der Waals surface area (Å²) in [6.45, 7) is 1.91. The highest BCUT2D eigenvalue weighted by atomic mass is 16.5. The lowest BCUT2D eigenvalue weighted by Crippen LogP contribution is -1.88. The van der Waals surface area contributed by atoms with Gasteiger partial charge in [-0.3, -0.25) is 0 Å². The number of aryl methyl sites for hydroxylation is 1. The van der Waals surface area contributed by atoms with E-state index in [1.807, 2.05) is 67.6 Å². The highest BCUT2D eigenvalue weighted by Gasteiger charge is 2.14. The summed E-state index contributed by atoms with van der Waals surface area (Å²) in [5.41, 5.74) is 3.46. The molecule has 2 heterocycles. The van der Waals surface area contributed by atoms with Crippen molar-refractivity contribution >= 4 is 17.0 Å². The quantitative estimate of drug-likeness (QED) is 0.343. The van der Waals surface area contributed by atoms with E-state index >= 15 is 0 Å². The normalized spacial score (nSPS) is 11.5.